The molecule has 3 aliphatic rings. The van der Waals surface area contributed by atoms with Crippen molar-refractivity contribution in [3.8, 4) is 0 Å². The van der Waals surface area contributed by atoms with Gasteiger partial charge in [0.25, 0.3) is 5.92 Å². The molecule has 1 aliphatic carbocycles. The van der Waals surface area contributed by atoms with Crippen molar-refractivity contribution in [2.75, 3.05) is 31.1 Å². The third-order valence-corrected chi connectivity index (χ3v) is 5.97. The van der Waals surface area contributed by atoms with Gasteiger partial charge in [-0.25, -0.2) is 18.7 Å². The Balaban J connectivity index is 1.38. The Morgan fingerprint density at radius 3 is 2.46 bits per heavy atom. The van der Waals surface area contributed by atoms with Crippen LogP contribution in [0.25, 0.3) is 0 Å². The predicted molar refractivity (Wildman–Crippen MR) is 94.5 cm³/mol. The summed E-state index contributed by atoms with van der Waals surface area (Å²) >= 11 is 0. The number of halogens is 2. The van der Waals surface area contributed by atoms with E-state index in [1.807, 2.05) is 6.92 Å². The van der Waals surface area contributed by atoms with E-state index in [0.717, 1.165) is 56.8 Å². The van der Waals surface area contributed by atoms with Crippen LogP contribution in [0, 0.1) is 12.8 Å². The van der Waals surface area contributed by atoms with E-state index in [1.54, 1.807) is 4.90 Å². The van der Waals surface area contributed by atoms with Crippen LogP contribution in [-0.2, 0) is 17.6 Å². The van der Waals surface area contributed by atoms with Gasteiger partial charge in [-0.1, -0.05) is 0 Å². The molecule has 7 heteroatoms. The standard InChI is InChI=1S/C19H26F2N4O/c1-13-22-16-4-2-3-15(16)17(23-13)24-9-5-14(6-10-24)18(26)25-11-7-19(20,21)8-12-25/h14H,2-12H2,1H3. The minimum absolute atomic E-state index is 0.0473. The molecule has 0 N–H and O–H groups in total. The van der Waals surface area contributed by atoms with E-state index in [9.17, 15) is 13.6 Å². The van der Waals surface area contributed by atoms with Crippen molar-refractivity contribution in [1.29, 1.82) is 0 Å². The predicted octanol–water partition coefficient (Wildman–Crippen LogP) is 2.75. The highest BCUT2D eigenvalue weighted by Crippen LogP contribution is 2.33. The van der Waals surface area contributed by atoms with E-state index in [2.05, 4.69) is 14.9 Å². The molecular weight excluding hydrogens is 338 g/mol. The van der Waals surface area contributed by atoms with Gasteiger partial charge in [0.1, 0.15) is 11.6 Å². The van der Waals surface area contributed by atoms with E-state index < -0.39 is 5.92 Å². The molecule has 2 aliphatic heterocycles. The second-order valence-corrected chi connectivity index (χ2v) is 7.82. The number of nitrogens with zero attached hydrogens (tertiary/aromatic N) is 4. The summed E-state index contributed by atoms with van der Waals surface area (Å²) in [5.41, 5.74) is 2.46. The maximum absolute atomic E-state index is 13.3. The number of aromatic nitrogens is 2. The SMILES string of the molecule is Cc1nc2c(c(N3CCC(C(=O)N4CCC(F)(F)CC4)CC3)n1)CCC2. The summed E-state index contributed by atoms with van der Waals surface area (Å²) in [4.78, 5) is 25.9. The number of alkyl halides is 2. The molecule has 0 aromatic carbocycles. The fourth-order valence-corrected chi connectivity index (χ4v) is 4.45. The second-order valence-electron chi connectivity index (χ2n) is 7.82. The Bertz CT molecular complexity index is 691. The van der Waals surface area contributed by atoms with Gasteiger partial charge in [-0.3, -0.25) is 4.79 Å². The highest BCUT2D eigenvalue weighted by Gasteiger charge is 2.38. The zero-order valence-corrected chi connectivity index (χ0v) is 15.3. The fourth-order valence-electron chi connectivity index (χ4n) is 4.45. The number of likely N-dealkylation sites (tertiary alicyclic amines) is 1. The zero-order chi connectivity index (χ0) is 18.3. The minimum atomic E-state index is -2.61. The van der Waals surface area contributed by atoms with Crippen molar-refractivity contribution in [3.63, 3.8) is 0 Å². The highest BCUT2D eigenvalue weighted by atomic mass is 19.3. The van der Waals surface area contributed by atoms with Gasteiger partial charge in [0, 0.05) is 56.2 Å². The molecule has 4 rings (SSSR count). The van der Waals surface area contributed by atoms with Crippen molar-refractivity contribution in [3.05, 3.63) is 17.1 Å². The molecule has 1 amide bonds. The molecule has 0 spiro atoms. The summed E-state index contributed by atoms with van der Waals surface area (Å²) in [6, 6.07) is 0. The van der Waals surface area contributed by atoms with Crippen LogP contribution in [0.3, 0.4) is 0 Å². The third-order valence-electron chi connectivity index (χ3n) is 5.97. The second kappa shape index (κ2) is 6.74. The molecule has 0 radical (unpaired) electrons. The lowest BCUT2D eigenvalue weighted by Gasteiger charge is -2.38. The number of hydrogen-bond acceptors (Lipinski definition) is 4. The van der Waals surface area contributed by atoms with Crippen LogP contribution < -0.4 is 4.90 Å². The highest BCUT2D eigenvalue weighted by molar-refractivity contribution is 5.79. The first kappa shape index (κ1) is 17.6. The first-order valence-electron chi connectivity index (χ1n) is 9.71. The third kappa shape index (κ3) is 3.40. The molecule has 2 fully saturated rings. The molecule has 1 aromatic rings. The lowest BCUT2D eigenvalue weighted by molar-refractivity contribution is -0.142. The average Bonchev–Trinajstić information content (AvgIpc) is 3.09. The normalized spacial score (nSPS) is 23.2. The van der Waals surface area contributed by atoms with Crippen LogP contribution in [0.2, 0.25) is 0 Å². The Morgan fingerprint density at radius 1 is 1.08 bits per heavy atom. The number of carbonyl (C=O) groups excluding carboxylic acids is 1. The molecule has 0 saturated carbocycles. The molecular formula is C19H26F2N4O. The van der Waals surface area contributed by atoms with Crippen molar-refractivity contribution in [1.82, 2.24) is 14.9 Å². The number of fused-ring (bicyclic) bond motifs is 1. The molecule has 0 atom stereocenters. The van der Waals surface area contributed by atoms with Gasteiger partial charge in [-0.05, 0) is 39.0 Å². The summed E-state index contributed by atoms with van der Waals surface area (Å²) < 4.78 is 26.6. The fraction of sp³-hybridized carbons (Fsp3) is 0.737. The molecule has 2 saturated heterocycles. The van der Waals surface area contributed by atoms with Crippen molar-refractivity contribution >= 4 is 11.7 Å². The number of hydrogen-bond donors (Lipinski definition) is 0. The van der Waals surface area contributed by atoms with Gasteiger partial charge >= 0.3 is 0 Å². The Labute approximate surface area is 152 Å². The molecule has 0 unspecified atom stereocenters. The topological polar surface area (TPSA) is 49.3 Å². The quantitative estimate of drug-likeness (QED) is 0.810. The van der Waals surface area contributed by atoms with Crippen LogP contribution >= 0.6 is 0 Å². The van der Waals surface area contributed by atoms with Crippen molar-refractivity contribution in [2.45, 2.75) is 57.8 Å². The smallest absolute Gasteiger partial charge is 0.251 e. The lowest BCUT2D eigenvalue weighted by atomic mass is 9.93. The number of amides is 1. The number of carbonyl (C=O) groups is 1. The maximum atomic E-state index is 13.3. The molecule has 142 valence electrons. The molecule has 0 bridgehead atoms. The summed E-state index contributed by atoms with van der Waals surface area (Å²) in [5.74, 6) is -0.731. The van der Waals surface area contributed by atoms with Crippen molar-refractivity contribution in [2.24, 2.45) is 5.92 Å². The molecule has 5 nitrogen and oxygen atoms in total. The molecule has 26 heavy (non-hydrogen) atoms. The Kier molecular flexibility index (Phi) is 4.57. The summed E-state index contributed by atoms with van der Waals surface area (Å²) in [6.07, 6.45) is 4.32. The van der Waals surface area contributed by atoms with Crippen LogP contribution in [0.4, 0.5) is 14.6 Å². The molecule has 3 heterocycles. The number of aryl methyl sites for hydroxylation is 2. The lowest BCUT2D eigenvalue weighted by Crippen LogP contribution is -2.47. The van der Waals surface area contributed by atoms with Gasteiger partial charge in [-0.2, -0.15) is 0 Å². The van der Waals surface area contributed by atoms with Gasteiger partial charge < -0.3 is 9.80 Å². The van der Waals surface area contributed by atoms with E-state index in [1.165, 1.54) is 11.3 Å². The monoisotopic (exact) mass is 364 g/mol. The first-order valence-corrected chi connectivity index (χ1v) is 9.71. The van der Waals surface area contributed by atoms with Gasteiger partial charge in [0.15, 0.2) is 0 Å². The molecule has 1 aromatic heterocycles. The summed E-state index contributed by atoms with van der Waals surface area (Å²) in [6.45, 7) is 3.90. The number of piperidine rings is 2. The maximum Gasteiger partial charge on any atom is 0.251 e. The van der Waals surface area contributed by atoms with Gasteiger partial charge in [0.05, 0.1) is 0 Å². The van der Waals surface area contributed by atoms with Crippen LogP contribution in [-0.4, -0.2) is 52.9 Å². The van der Waals surface area contributed by atoms with Gasteiger partial charge in [0.2, 0.25) is 5.91 Å². The van der Waals surface area contributed by atoms with E-state index >= 15 is 0 Å². The summed E-state index contributed by atoms with van der Waals surface area (Å²) in [7, 11) is 0. The van der Waals surface area contributed by atoms with Crippen LogP contribution in [0.15, 0.2) is 0 Å². The number of rotatable bonds is 2. The first-order chi connectivity index (χ1) is 12.4. The Hall–Kier alpha value is -1.79. The van der Waals surface area contributed by atoms with Gasteiger partial charge in [-0.15, -0.1) is 0 Å². The summed E-state index contributed by atoms with van der Waals surface area (Å²) in [5, 5.41) is 0. The number of anilines is 1. The van der Waals surface area contributed by atoms with Crippen LogP contribution in [0.1, 0.15) is 49.2 Å². The van der Waals surface area contributed by atoms with E-state index in [4.69, 9.17) is 0 Å². The van der Waals surface area contributed by atoms with E-state index in [0.29, 0.717) is 0 Å². The Morgan fingerprint density at radius 2 is 1.77 bits per heavy atom. The van der Waals surface area contributed by atoms with E-state index in [-0.39, 0.29) is 37.8 Å². The average molecular weight is 364 g/mol. The van der Waals surface area contributed by atoms with Crippen molar-refractivity contribution < 1.29 is 13.6 Å². The minimum Gasteiger partial charge on any atom is -0.356 e. The zero-order valence-electron chi connectivity index (χ0n) is 15.3. The van der Waals surface area contributed by atoms with Crippen LogP contribution in [0.5, 0.6) is 0 Å². The largest absolute Gasteiger partial charge is 0.356 e.